The fourth-order valence-electron chi connectivity index (χ4n) is 2.82. The van der Waals surface area contributed by atoms with E-state index in [2.05, 4.69) is 29.8 Å². The monoisotopic (exact) mass is 266 g/mol. The first-order valence-electron chi connectivity index (χ1n) is 6.94. The van der Waals surface area contributed by atoms with Crippen molar-refractivity contribution in [1.82, 2.24) is 9.88 Å². The number of hydrogen-bond donors (Lipinski definition) is 0. The Morgan fingerprint density at radius 1 is 1.44 bits per heavy atom. The second-order valence-corrected chi connectivity index (χ2v) is 6.13. The number of pyridine rings is 1. The van der Waals surface area contributed by atoms with Crippen LogP contribution in [0.4, 0.5) is 0 Å². The number of aryl methyl sites for hydroxylation is 1. The molecule has 0 radical (unpaired) electrons. The molecule has 0 bridgehead atoms. The fourth-order valence-corrected chi connectivity index (χ4v) is 2.92. The van der Waals surface area contributed by atoms with Crippen LogP contribution >= 0.6 is 11.6 Å². The maximum Gasteiger partial charge on any atom is 0.131 e. The number of piperidine rings is 1. The van der Waals surface area contributed by atoms with Crippen molar-refractivity contribution in [2.24, 2.45) is 5.92 Å². The van der Waals surface area contributed by atoms with Gasteiger partial charge in [0.1, 0.15) is 5.15 Å². The van der Waals surface area contributed by atoms with Gasteiger partial charge in [-0.1, -0.05) is 31.9 Å². The average Bonchev–Trinajstić information content (AvgIpc) is 2.33. The minimum atomic E-state index is 0.532. The van der Waals surface area contributed by atoms with Crippen LogP contribution in [-0.2, 0) is 0 Å². The Hall–Kier alpha value is -0.600. The van der Waals surface area contributed by atoms with Gasteiger partial charge in [-0.3, -0.25) is 4.90 Å². The van der Waals surface area contributed by atoms with Crippen molar-refractivity contribution in [3.63, 3.8) is 0 Å². The van der Waals surface area contributed by atoms with Gasteiger partial charge < -0.3 is 0 Å². The highest BCUT2D eigenvalue weighted by Gasteiger charge is 2.24. The van der Waals surface area contributed by atoms with Crippen molar-refractivity contribution in [2.45, 2.75) is 46.1 Å². The standard InChI is InChI=1S/C15H23ClN2/c1-11(2)10-18-7-5-4-6-14(18)13-8-12(3)15(16)17-9-13/h8-9,11,14H,4-7,10H2,1-3H3/t14-/m0/s1. The largest absolute Gasteiger partial charge is 0.296 e. The van der Waals surface area contributed by atoms with Crippen molar-refractivity contribution in [2.75, 3.05) is 13.1 Å². The summed E-state index contributed by atoms with van der Waals surface area (Å²) in [5, 5.41) is 0.630. The van der Waals surface area contributed by atoms with E-state index in [1.165, 1.54) is 37.9 Å². The van der Waals surface area contributed by atoms with Crippen LogP contribution in [0.1, 0.15) is 50.3 Å². The van der Waals surface area contributed by atoms with E-state index in [1.54, 1.807) is 0 Å². The molecule has 0 saturated carbocycles. The lowest BCUT2D eigenvalue weighted by molar-refractivity contribution is 0.132. The van der Waals surface area contributed by atoms with E-state index in [0.717, 1.165) is 5.56 Å². The number of hydrogen-bond acceptors (Lipinski definition) is 2. The molecule has 1 fully saturated rings. The van der Waals surface area contributed by atoms with E-state index in [9.17, 15) is 0 Å². The number of halogens is 1. The van der Waals surface area contributed by atoms with E-state index in [0.29, 0.717) is 17.1 Å². The predicted octanol–water partition coefficient (Wildman–Crippen LogP) is 4.23. The van der Waals surface area contributed by atoms with Crippen LogP contribution in [0.5, 0.6) is 0 Å². The van der Waals surface area contributed by atoms with Gasteiger partial charge in [0, 0.05) is 18.8 Å². The molecule has 2 rings (SSSR count). The molecule has 100 valence electrons. The predicted molar refractivity (Wildman–Crippen MR) is 77.0 cm³/mol. The van der Waals surface area contributed by atoms with Crippen LogP contribution in [0.2, 0.25) is 5.15 Å². The first-order valence-corrected chi connectivity index (χ1v) is 7.32. The van der Waals surface area contributed by atoms with Crippen LogP contribution in [0, 0.1) is 12.8 Å². The Kier molecular flexibility index (Phi) is 4.63. The molecule has 1 saturated heterocycles. The molecule has 2 nitrogen and oxygen atoms in total. The molecule has 0 aliphatic carbocycles. The molecular formula is C15H23ClN2. The molecule has 0 aromatic carbocycles. The van der Waals surface area contributed by atoms with Crippen molar-refractivity contribution in [3.05, 3.63) is 28.5 Å². The lowest BCUT2D eigenvalue weighted by Crippen LogP contribution is -2.36. The summed E-state index contributed by atoms with van der Waals surface area (Å²) in [6.45, 7) is 9.00. The maximum absolute atomic E-state index is 6.02. The zero-order chi connectivity index (χ0) is 13.1. The first-order chi connectivity index (χ1) is 8.58. The smallest absolute Gasteiger partial charge is 0.131 e. The SMILES string of the molecule is Cc1cc([C@@H]2CCCCN2CC(C)C)cnc1Cl. The molecule has 18 heavy (non-hydrogen) atoms. The van der Waals surface area contributed by atoms with Crippen LogP contribution in [0.25, 0.3) is 0 Å². The molecule has 1 aliphatic heterocycles. The number of nitrogens with zero attached hydrogens (tertiary/aromatic N) is 2. The Balaban J connectivity index is 2.19. The zero-order valence-corrected chi connectivity index (χ0v) is 12.4. The van der Waals surface area contributed by atoms with Crippen molar-refractivity contribution in [3.8, 4) is 0 Å². The van der Waals surface area contributed by atoms with Gasteiger partial charge in [-0.2, -0.15) is 0 Å². The molecule has 0 amide bonds. The summed E-state index contributed by atoms with van der Waals surface area (Å²) in [6, 6.07) is 2.74. The maximum atomic E-state index is 6.02. The van der Waals surface area contributed by atoms with Crippen LogP contribution < -0.4 is 0 Å². The summed E-state index contributed by atoms with van der Waals surface area (Å²) in [6.07, 6.45) is 5.85. The van der Waals surface area contributed by atoms with Crippen LogP contribution in [0.3, 0.4) is 0 Å². The quantitative estimate of drug-likeness (QED) is 0.762. The molecule has 0 N–H and O–H groups in total. The minimum Gasteiger partial charge on any atom is -0.296 e. The van der Waals surface area contributed by atoms with Gasteiger partial charge in [-0.05, 0) is 49.4 Å². The molecule has 1 aromatic rings. The Bertz CT molecular complexity index is 403. The third-order valence-electron chi connectivity index (χ3n) is 3.63. The van der Waals surface area contributed by atoms with Crippen molar-refractivity contribution in [1.29, 1.82) is 0 Å². The summed E-state index contributed by atoms with van der Waals surface area (Å²) in [5.41, 5.74) is 2.42. The Morgan fingerprint density at radius 2 is 2.22 bits per heavy atom. The summed E-state index contributed by atoms with van der Waals surface area (Å²) < 4.78 is 0. The van der Waals surface area contributed by atoms with Crippen molar-refractivity contribution < 1.29 is 0 Å². The molecule has 1 aromatic heterocycles. The van der Waals surface area contributed by atoms with E-state index in [1.807, 2.05) is 13.1 Å². The highest BCUT2D eigenvalue weighted by Crippen LogP contribution is 2.32. The highest BCUT2D eigenvalue weighted by atomic mass is 35.5. The first kappa shape index (κ1) is 13.8. The fraction of sp³-hybridized carbons (Fsp3) is 0.667. The second-order valence-electron chi connectivity index (χ2n) is 5.78. The van der Waals surface area contributed by atoms with Crippen LogP contribution in [-0.4, -0.2) is 23.0 Å². The molecule has 1 aliphatic rings. The third kappa shape index (κ3) is 3.24. The molecule has 3 heteroatoms. The molecule has 0 unspecified atom stereocenters. The third-order valence-corrected chi connectivity index (χ3v) is 4.03. The van der Waals surface area contributed by atoms with Crippen LogP contribution in [0.15, 0.2) is 12.3 Å². The number of aromatic nitrogens is 1. The van der Waals surface area contributed by atoms with Gasteiger partial charge in [0.25, 0.3) is 0 Å². The lowest BCUT2D eigenvalue weighted by Gasteiger charge is -2.37. The summed E-state index contributed by atoms with van der Waals surface area (Å²) in [5.74, 6) is 0.715. The molecule has 0 spiro atoms. The van der Waals surface area contributed by atoms with Gasteiger partial charge in [0.2, 0.25) is 0 Å². The van der Waals surface area contributed by atoms with Gasteiger partial charge in [0.15, 0.2) is 0 Å². The molecule has 1 atom stereocenters. The van der Waals surface area contributed by atoms with Gasteiger partial charge in [-0.15, -0.1) is 0 Å². The average molecular weight is 267 g/mol. The van der Waals surface area contributed by atoms with Gasteiger partial charge >= 0.3 is 0 Å². The van der Waals surface area contributed by atoms with E-state index < -0.39 is 0 Å². The number of likely N-dealkylation sites (tertiary alicyclic amines) is 1. The highest BCUT2D eigenvalue weighted by molar-refractivity contribution is 6.30. The lowest BCUT2D eigenvalue weighted by atomic mass is 9.94. The second kappa shape index (κ2) is 6.03. The number of rotatable bonds is 3. The molecule has 2 heterocycles. The van der Waals surface area contributed by atoms with E-state index in [4.69, 9.17) is 11.6 Å². The normalized spacial score (nSPS) is 21.5. The van der Waals surface area contributed by atoms with Gasteiger partial charge in [-0.25, -0.2) is 4.98 Å². The Labute approximate surface area is 115 Å². The van der Waals surface area contributed by atoms with Gasteiger partial charge in [0.05, 0.1) is 0 Å². The van der Waals surface area contributed by atoms with Crippen molar-refractivity contribution >= 4 is 11.6 Å². The van der Waals surface area contributed by atoms with E-state index >= 15 is 0 Å². The minimum absolute atomic E-state index is 0.532. The summed E-state index contributed by atoms with van der Waals surface area (Å²) >= 11 is 6.02. The van der Waals surface area contributed by atoms with E-state index in [-0.39, 0.29) is 0 Å². The Morgan fingerprint density at radius 3 is 2.89 bits per heavy atom. The summed E-state index contributed by atoms with van der Waals surface area (Å²) in [4.78, 5) is 6.92. The topological polar surface area (TPSA) is 16.1 Å². The molecular weight excluding hydrogens is 244 g/mol. The zero-order valence-electron chi connectivity index (χ0n) is 11.6. The summed E-state index contributed by atoms with van der Waals surface area (Å²) in [7, 11) is 0.